The van der Waals surface area contributed by atoms with Crippen LogP contribution in [0.2, 0.25) is 5.02 Å². The molecule has 0 aromatic heterocycles. The van der Waals surface area contributed by atoms with Gasteiger partial charge in [-0.25, -0.2) is 0 Å². The van der Waals surface area contributed by atoms with Gasteiger partial charge in [0.05, 0.1) is 18.2 Å². The fourth-order valence-electron chi connectivity index (χ4n) is 4.87. The minimum absolute atomic E-state index is 0.525. The molecule has 1 saturated heterocycles. The summed E-state index contributed by atoms with van der Waals surface area (Å²) >= 11 is 6.25. The lowest BCUT2D eigenvalue weighted by atomic mass is 9.85. The average molecular weight is 395 g/mol. The number of nitriles is 1. The first-order valence-electron chi connectivity index (χ1n) is 10.2. The van der Waals surface area contributed by atoms with Gasteiger partial charge in [0.15, 0.2) is 0 Å². The molecule has 4 rings (SSSR count). The van der Waals surface area contributed by atoms with Gasteiger partial charge < -0.3 is 4.74 Å². The summed E-state index contributed by atoms with van der Waals surface area (Å²) in [6.45, 7) is 6.28. The molecule has 2 aromatic carbocycles. The Morgan fingerprint density at radius 3 is 2.79 bits per heavy atom. The monoisotopic (exact) mass is 394 g/mol. The lowest BCUT2D eigenvalue weighted by Crippen LogP contribution is -2.41. The first-order valence-corrected chi connectivity index (χ1v) is 10.6. The maximum atomic E-state index is 9.41. The first kappa shape index (κ1) is 19.3. The van der Waals surface area contributed by atoms with E-state index in [0.29, 0.717) is 23.0 Å². The highest BCUT2D eigenvalue weighted by Gasteiger charge is 2.36. The number of hydrogen-bond acceptors (Lipinski definition) is 3. The number of fused-ring (bicyclic) bond motifs is 1. The number of aryl methyl sites for hydroxylation is 1. The predicted molar refractivity (Wildman–Crippen MR) is 113 cm³/mol. The van der Waals surface area contributed by atoms with E-state index in [1.807, 2.05) is 0 Å². The predicted octanol–water partition coefficient (Wildman–Crippen LogP) is 5.17. The van der Waals surface area contributed by atoms with Crippen molar-refractivity contribution < 1.29 is 4.74 Å². The van der Waals surface area contributed by atoms with E-state index in [1.54, 1.807) is 6.07 Å². The fraction of sp³-hybridized carbons (Fsp3) is 0.458. The molecule has 1 aliphatic carbocycles. The van der Waals surface area contributed by atoms with Crippen molar-refractivity contribution in [3.8, 4) is 11.8 Å². The number of likely N-dealkylation sites (tertiary alicyclic amines) is 1. The molecule has 1 fully saturated rings. The summed E-state index contributed by atoms with van der Waals surface area (Å²) in [5.41, 5.74) is 4.46. The van der Waals surface area contributed by atoms with Crippen LogP contribution in [0.25, 0.3) is 0 Å². The van der Waals surface area contributed by atoms with E-state index in [2.05, 4.69) is 55.1 Å². The second-order valence-electron chi connectivity index (χ2n) is 8.37. The molecule has 4 heteroatoms. The molecular weight excluding hydrogens is 368 g/mol. The number of hydrogen-bond donors (Lipinski definition) is 0. The van der Waals surface area contributed by atoms with Crippen LogP contribution in [0.5, 0.6) is 5.75 Å². The largest absolute Gasteiger partial charge is 0.493 e. The standard InChI is InChI=1S/C24H27ClN2O/c1-16-3-6-23(7-4-16)28-15-18-9-17(2)27(14-18)22-5-8-24-19(12-22)10-21(25)11-20(24)13-26/h3-4,6-7,10-11,17-18,22H,5,8-9,12,14-15H2,1-2H3/t17-,18+,22?/m1/s1. The van der Waals surface area contributed by atoms with Crippen LogP contribution in [-0.4, -0.2) is 30.1 Å². The molecule has 1 unspecified atom stereocenters. The number of halogens is 1. The number of ether oxygens (including phenoxy) is 1. The molecule has 0 spiro atoms. The van der Waals surface area contributed by atoms with Crippen LogP contribution in [0.1, 0.15) is 42.0 Å². The molecule has 2 aromatic rings. The highest BCUT2D eigenvalue weighted by Crippen LogP contribution is 2.34. The molecule has 0 radical (unpaired) electrons. The molecule has 146 valence electrons. The maximum Gasteiger partial charge on any atom is 0.119 e. The minimum atomic E-state index is 0.525. The van der Waals surface area contributed by atoms with Gasteiger partial charge in [-0.05, 0) is 74.9 Å². The van der Waals surface area contributed by atoms with Gasteiger partial charge in [-0.3, -0.25) is 4.90 Å². The smallest absolute Gasteiger partial charge is 0.119 e. The van der Waals surface area contributed by atoms with E-state index in [1.165, 1.54) is 23.1 Å². The molecule has 0 amide bonds. The van der Waals surface area contributed by atoms with Crippen molar-refractivity contribution in [3.63, 3.8) is 0 Å². The van der Waals surface area contributed by atoms with Gasteiger partial charge in [0.2, 0.25) is 0 Å². The van der Waals surface area contributed by atoms with Crippen LogP contribution >= 0.6 is 11.6 Å². The second kappa shape index (κ2) is 8.15. The van der Waals surface area contributed by atoms with Crippen LogP contribution in [-0.2, 0) is 12.8 Å². The topological polar surface area (TPSA) is 36.3 Å². The molecule has 1 aliphatic heterocycles. The molecule has 3 nitrogen and oxygen atoms in total. The Bertz CT molecular complexity index is 887. The van der Waals surface area contributed by atoms with Crippen molar-refractivity contribution in [2.75, 3.05) is 13.2 Å². The van der Waals surface area contributed by atoms with E-state index in [0.717, 1.165) is 43.7 Å². The summed E-state index contributed by atoms with van der Waals surface area (Å²) in [6, 6.07) is 15.6. The Labute approximate surface area is 172 Å². The normalized spacial score (nSPS) is 24.6. The van der Waals surface area contributed by atoms with Crippen LogP contribution in [0.3, 0.4) is 0 Å². The van der Waals surface area contributed by atoms with Crippen LogP contribution in [0.4, 0.5) is 0 Å². The lowest BCUT2D eigenvalue weighted by Gasteiger charge is -2.35. The number of rotatable bonds is 4. The Morgan fingerprint density at radius 1 is 1.25 bits per heavy atom. The van der Waals surface area contributed by atoms with Crippen molar-refractivity contribution in [2.45, 2.75) is 51.6 Å². The summed E-state index contributed by atoms with van der Waals surface area (Å²) in [7, 11) is 0. The summed E-state index contributed by atoms with van der Waals surface area (Å²) in [4.78, 5) is 2.65. The van der Waals surface area contributed by atoms with Crippen molar-refractivity contribution in [2.24, 2.45) is 5.92 Å². The zero-order chi connectivity index (χ0) is 19.7. The van der Waals surface area contributed by atoms with Crippen LogP contribution in [0.15, 0.2) is 36.4 Å². The summed E-state index contributed by atoms with van der Waals surface area (Å²) in [6.07, 6.45) is 4.24. The summed E-state index contributed by atoms with van der Waals surface area (Å²) in [5.74, 6) is 1.52. The van der Waals surface area contributed by atoms with Gasteiger partial charge in [-0.1, -0.05) is 29.3 Å². The Morgan fingerprint density at radius 2 is 2.04 bits per heavy atom. The van der Waals surface area contributed by atoms with Gasteiger partial charge in [0.25, 0.3) is 0 Å². The average Bonchev–Trinajstić information content (AvgIpc) is 3.07. The van der Waals surface area contributed by atoms with E-state index in [-0.39, 0.29) is 0 Å². The van der Waals surface area contributed by atoms with Gasteiger partial charge in [-0.15, -0.1) is 0 Å². The zero-order valence-electron chi connectivity index (χ0n) is 16.6. The van der Waals surface area contributed by atoms with Gasteiger partial charge in [-0.2, -0.15) is 5.26 Å². The quantitative estimate of drug-likeness (QED) is 0.717. The van der Waals surface area contributed by atoms with Crippen LogP contribution < -0.4 is 4.74 Å². The highest BCUT2D eigenvalue weighted by molar-refractivity contribution is 6.30. The van der Waals surface area contributed by atoms with Crippen molar-refractivity contribution in [1.29, 1.82) is 5.26 Å². The number of nitrogens with zero attached hydrogens (tertiary/aromatic N) is 2. The molecular formula is C24H27ClN2O. The fourth-order valence-corrected chi connectivity index (χ4v) is 5.11. The zero-order valence-corrected chi connectivity index (χ0v) is 17.4. The second-order valence-corrected chi connectivity index (χ2v) is 8.81. The summed E-state index contributed by atoms with van der Waals surface area (Å²) < 4.78 is 6.05. The molecule has 2 aliphatic rings. The number of benzene rings is 2. The summed E-state index contributed by atoms with van der Waals surface area (Å²) in [5, 5.41) is 10.1. The molecule has 0 N–H and O–H groups in total. The van der Waals surface area contributed by atoms with E-state index >= 15 is 0 Å². The molecule has 3 atom stereocenters. The van der Waals surface area contributed by atoms with Crippen molar-refractivity contribution in [1.82, 2.24) is 4.90 Å². The van der Waals surface area contributed by atoms with Gasteiger partial charge >= 0.3 is 0 Å². The van der Waals surface area contributed by atoms with E-state index < -0.39 is 0 Å². The third-order valence-corrected chi connectivity index (χ3v) is 6.51. The van der Waals surface area contributed by atoms with Crippen molar-refractivity contribution >= 4 is 11.6 Å². The maximum absolute atomic E-state index is 9.41. The lowest BCUT2D eigenvalue weighted by molar-refractivity contribution is 0.164. The highest BCUT2D eigenvalue weighted by atomic mass is 35.5. The van der Waals surface area contributed by atoms with Crippen LogP contribution in [0, 0.1) is 24.2 Å². The minimum Gasteiger partial charge on any atom is -0.493 e. The van der Waals surface area contributed by atoms with E-state index in [9.17, 15) is 5.26 Å². The van der Waals surface area contributed by atoms with Gasteiger partial charge in [0.1, 0.15) is 5.75 Å². The van der Waals surface area contributed by atoms with Crippen molar-refractivity contribution in [3.05, 3.63) is 63.7 Å². The Balaban J connectivity index is 1.39. The molecule has 0 saturated carbocycles. The third kappa shape index (κ3) is 4.04. The molecule has 0 bridgehead atoms. The molecule has 28 heavy (non-hydrogen) atoms. The van der Waals surface area contributed by atoms with E-state index in [4.69, 9.17) is 16.3 Å². The van der Waals surface area contributed by atoms with Gasteiger partial charge in [0, 0.05) is 29.6 Å². The molecule has 1 heterocycles. The Hall–Kier alpha value is -2.02. The third-order valence-electron chi connectivity index (χ3n) is 6.30. The first-order chi connectivity index (χ1) is 13.5. The Kier molecular flexibility index (Phi) is 5.62. The SMILES string of the molecule is Cc1ccc(OC[C@H]2C[C@@H](C)N(C3CCc4c(C#N)cc(Cl)cc4C3)C2)cc1.